The Morgan fingerprint density at radius 1 is 1.43 bits per heavy atom. The molecule has 0 N–H and O–H groups in total. The highest BCUT2D eigenvalue weighted by Gasteiger charge is 2.34. The van der Waals surface area contributed by atoms with Crippen LogP contribution in [-0.2, 0) is 10.0 Å². The zero-order chi connectivity index (χ0) is 10.8. The Morgan fingerprint density at radius 3 is 2.29 bits per heavy atom. The van der Waals surface area contributed by atoms with E-state index in [4.69, 9.17) is 11.6 Å². The molecule has 0 saturated heterocycles. The summed E-state index contributed by atoms with van der Waals surface area (Å²) in [5.74, 6) is 0.377. The average molecular weight is 240 g/mol. The van der Waals surface area contributed by atoms with Gasteiger partial charge in [0, 0.05) is 18.5 Å². The van der Waals surface area contributed by atoms with Crippen LogP contribution in [0.25, 0.3) is 0 Å². The summed E-state index contributed by atoms with van der Waals surface area (Å²) >= 11 is 5.63. The second kappa shape index (κ2) is 4.81. The fourth-order valence-corrected chi connectivity index (χ4v) is 3.34. The minimum atomic E-state index is -3.11. The van der Waals surface area contributed by atoms with Crippen LogP contribution in [-0.4, -0.2) is 36.4 Å². The van der Waals surface area contributed by atoms with E-state index in [1.807, 2.05) is 0 Å². The van der Waals surface area contributed by atoms with Crippen molar-refractivity contribution in [2.45, 2.75) is 44.4 Å². The molecule has 0 atom stereocenters. The van der Waals surface area contributed by atoms with Gasteiger partial charge in [0.15, 0.2) is 0 Å². The van der Waals surface area contributed by atoms with E-state index >= 15 is 0 Å². The third-order valence-electron chi connectivity index (χ3n) is 2.71. The predicted molar refractivity (Wildman–Crippen MR) is 59.1 cm³/mol. The lowest BCUT2D eigenvalue weighted by Gasteiger charge is -2.37. The maximum absolute atomic E-state index is 11.9. The van der Waals surface area contributed by atoms with Crippen LogP contribution in [0.5, 0.6) is 0 Å². The maximum atomic E-state index is 11.9. The Morgan fingerprint density at radius 2 is 2.00 bits per heavy atom. The van der Waals surface area contributed by atoms with E-state index in [0.29, 0.717) is 12.4 Å². The second-order valence-electron chi connectivity index (χ2n) is 3.98. The quantitative estimate of drug-likeness (QED) is 0.687. The van der Waals surface area contributed by atoms with Gasteiger partial charge in [-0.2, -0.15) is 4.31 Å². The highest BCUT2D eigenvalue weighted by atomic mass is 35.5. The van der Waals surface area contributed by atoms with Crippen LogP contribution in [0.15, 0.2) is 0 Å². The number of hydrogen-bond acceptors (Lipinski definition) is 2. The minimum absolute atomic E-state index is 0.209. The van der Waals surface area contributed by atoms with Gasteiger partial charge in [-0.15, -0.1) is 11.6 Å². The van der Waals surface area contributed by atoms with Crippen LogP contribution in [0.2, 0.25) is 0 Å². The molecule has 1 fully saturated rings. The van der Waals surface area contributed by atoms with Crippen molar-refractivity contribution >= 4 is 21.6 Å². The summed E-state index contributed by atoms with van der Waals surface area (Å²) in [6.45, 7) is 3.89. The third-order valence-corrected chi connectivity index (χ3v) is 5.20. The van der Waals surface area contributed by atoms with E-state index in [1.165, 1.54) is 0 Å². The molecule has 0 bridgehead atoms. The third kappa shape index (κ3) is 2.41. The van der Waals surface area contributed by atoms with Gasteiger partial charge in [-0.1, -0.05) is 6.42 Å². The monoisotopic (exact) mass is 239 g/mol. The molecule has 0 radical (unpaired) electrons. The summed E-state index contributed by atoms with van der Waals surface area (Å²) in [6.07, 6.45) is 3.11. The van der Waals surface area contributed by atoms with Gasteiger partial charge in [0.25, 0.3) is 0 Å². The number of sulfonamides is 1. The van der Waals surface area contributed by atoms with Crippen LogP contribution in [0.1, 0.15) is 33.1 Å². The molecule has 0 aromatic rings. The summed E-state index contributed by atoms with van der Waals surface area (Å²) < 4.78 is 25.4. The molecular formula is C9H18ClNO2S. The van der Waals surface area contributed by atoms with Gasteiger partial charge >= 0.3 is 0 Å². The second-order valence-corrected chi connectivity index (χ2v) is 6.80. The van der Waals surface area contributed by atoms with Crippen LogP contribution in [0, 0.1) is 0 Å². The smallest absolute Gasteiger partial charge is 0.212 e. The van der Waals surface area contributed by atoms with Gasteiger partial charge in [0.2, 0.25) is 10.0 Å². The molecule has 1 aliphatic rings. The molecule has 5 heteroatoms. The first-order chi connectivity index (χ1) is 6.50. The maximum Gasteiger partial charge on any atom is 0.216 e. The SMILES string of the molecule is CC(C)S(=O)(=O)N(CCCl)C1CCC1. The molecule has 0 aliphatic heterocycles. The Balaban J connectivity index is 2.75. The molecule has 0 spiro atoms. The Kier molecular flexibility index (Phi) is 4.22. The lowest BCUT2D eigenvalue weighted by atomic mass is 9.93. The summed E-state index contributed by atoms with van der Waals surface area (Å²) in [5, 5.41) is -0.341. The summed E-state index contributed by atoms with van der Waals surface area (Å²) in [7, 11) is -3.11. The van der Waals surface area contributed by atoms with Gasteiger partial charge in [0.1, 0.15) is 0 Å². The van der Waals surface area contributed by atoms with E-state index in [9.17, 15) is 8.42 Å². The Bertz CT molecular complexity index is 273. The molecule has 1 rings (SSSR count). The number of nitrogens with zero attached hydrogens (tertiary/aromatic N) is 1. The van der Waals surface area contributed by atoms with Crippen molar-refractivity contribution in [3.8, 4) is 0 Å². The first-order valence-electron chi connectivity index (χ1n) is 5.06. The van der Waals surface area contributed by atoms with Crippen molar-refractivity contribution < 1.29 is 8.42 Å². The van der Waals surface area contributed by atoms with E-state index in [2.05, 4.69) is 0 Å². The number of halogens is 1. The van der Waals surface area contributed by atoms with Crippen molar-refractivity contribution in [1.82, 2.24) is 4.31 Å². The minimum Gasteiger partial charge on any atom is -0.212 e. The first-order valence-corrected chi connectivity index (χ1v) is 7.10. The molecule has 0 heterocycles. The van der Waals surface area contributed by atoms with Gasteiger partial charge < -0.3 is 0 Å². The normalized spacial score (nSPS) is 18.9. The molecule has 0 amide bonds. The van der Waals surface area contributed by atoms with Gasteiger partial charge in [0.05, 0.1) is 5.25 Å². The molecule has 1 aliphatic carbocycles. The first kappa shape index (κ1) is 12.3. The molecule has 84 valence electrons. The predicted octanol–water partition coefficient (Wildman–Crippen LogP) is 1.82. The van der Waals surface area contributed by atoms with Gasteiger partial charge in [-0.3, -0.25) is 0 Å². The van der Waals surface area contributed by atoms with Crippen LogP contribution < -0.4 is 0 Å². The van der Waals surface area contributed by atoms with Gasteiger partial charge in [-0.25, -0.2) is 8.42 Å². The van der Waals surface area contributed by atoms with Crippen LogP contribution >= 0.6 is 11.6 Å². The van der Waals surface area contributed by atoms with Gasteiger partial charge in [-0.05, 0) is 26.7 Å². The summed E-state index contributed by atoms with van der Waals surface area (Å²) in [5.41, 5.74) is 0. The average Bonchev–Trinajstić information content (AvgIpc) is 2.00. The molecule has 3 nitrogen and oxygen atoms in total. The molecular weight excluding hydrogens is 222 g/mol. The topological polar surface area (TPSA) is 37.4 Å². The van der Waals surface area contributed by atoms with Crippen molar-refractivity contribution in [2.24, 2.45) is 0 Å². The number of rotatable bonds is 5. The fourth-order valence-electron chi connectivity index (χ4n) is 1.55. The molecule has 0 aromatic heterocycles. The van der Waals surface area contributed by atoms with E-state index in [1.54, 1.807) is 18.2 Å². The van der Waals surface area contributed by atoms with Crippen molar-refractivity contribution in [2.75, 3.05) is 12.4 Å². The number of hydrogen-bond donors (Lipinski definition) is 0. The highest BCUT2D eigenvalue weighted by Crippen LogP contribution is 2.28. The van der Waals surface area contributed by atoms with Crippen LogP contribution in [0.3, 0.4) is 0 Å². The lowest BCUT2D eigenvalue weighted by Crippen LogP contribution is -2.47. The van der Waals surface area contributed by atoms with Crippen molar-refractivity contribution in [3.63, 3.8) is 0 Å². The molecule has 0 unspecified atom stereocenters. The van der Waals surface area contributed by atoms with Crippen LogP contribution in [0.4, 0.5) is 0 Å². The standard InChI is InChI=1S/C9H18ClNO2S/c1-8(2)14(12,13)11(7-6-10)9-4-3-5-9/h8-9H,3-7H2,1-2H3. The largest absolute Gasteiger partial charge is 0.216 e. The Labute approximate surface area is 91.5 Å². The van der Waals surface area contributed by atoms with Crippen molar-refractivity contribution in [3.05, 3.63) is 0 Å². The zero-order valence-electron chi connectivity index (χ0n) is 8.74. The van der Waals surface area contributed by atoms with E-state index in [-0.39, 0.29) is 11.3 Å². The van der Waals surface area contributed by atoms with E-state index < -0.39 is 10.0 Å². The molecule has 1 saturated carbocycles. The fraction of sp³-hybridized carbons (Fsp3) is 1.00. The van der Waals surface area contributed by atoms with Crippen molar-refractivity contribution in [1.29, 1.82) is 0 Å². The summed E-state index contributed by atoms with van der Waals surface area (Å²) in [4.78, 5) is 0. The number of alkyl halides is 1. The van der Waals surface area contributed by atoms with E-state index in [0.717, 1.165) is 19.3 Å². The molecule has 0 aromatic carbocycles. The molecule has 14 heavy (non-hydrogen) atoms. The Hall–Kier alpha value is 0.200. The zero-order valence-corrected chi connectivity index (χ0v) is 10.3. The highest BCUT2D eigenvalue weighted by molar-refractivity contribution is 7.89. The lowest BCUT2D eigenvalue weighted by molar-refractivity contribution is 0.226. The summed E-state index contributed by atoms with van der Waals surface area (Å²) in [6, 6.07) is 0.209.